The molecule has 0 aliphatic carbocycles. The number of ether oxygens (including phenoxy) is 2. The maximum absolute atomic E-state index is 11.7. The summed E-state index contributed by atoms with van der Waals surface area (Å²) < 4.78 is 11.4. The molecule has 1 atom stereocenters. The summed E-state index contributed by atoms with van der Waals surface area (Å²) in [5.74, 6) is -1.46. The molecule has 0 fully saturated rings. The van der Waals surface area contributed by atoms with Gasteiger partial charge < -0.3 is 14.6 Å². The molecular weight excluding hydrogens is 252 g/mol. The number of esters is 1. The molecule has 1 aromatic rings. The summed E-state index contributed by atoms with van der Waals surface area (Å²) in [6.07, 6.45) is 1.61. The molecular formula is C12H18N2O5. The zero-order valence-electron chi connectivity index (χ0n) is 11.3. The standard InChI is InChI=1S/C12H18N2O5/c1-4-9(11(15)16)14-10(18-5-2)8(7-13-14)12(17)19-6-3/h7,9H,4-6H2,1-3H3,(H,15,16). The van der Waals surface area contributed by atoms with E-state index in [1.165, 1.54) is 10.9 Å². The normalized spacial score (nSPS) is 11.9. The summed E-state index contributed by atoms with van der Waals surface area (Å²) in [6, 6.07) is -0.871. The summed E-state index contributed by atoms with van der Waals surface area (Å²) in [6.45, 7) is 5.68. The van der Waals surface area contributed by atoms with E-state index in [0.29, 0.717) is 13.0 Å². The molecule has 0 saturated heterocycles. The first-order valence-corrected chi connectivity index (χ1v) is 6.16. The number of hydrogen-bond acceptors (Lipinski definition) is 5. The van der Waals surface area contributed by atoms with E-state index in [-0.39, 0.29) is 18.1 Å². The average Bonchev–Trinajstić information content (AvgIpc) is 2.75. The van der Waals surface area contributed by atoms with Gasteiger partial charge in [0.05, 0.1) is 19.4 Å². The first-order chi connectivity index (χ1) is 9.06. The molecule has 1 N–H and O–H groups in total. The van der Waals surface area contributed by atoms with Crippen LogP contribution in [-0.2, 0) is 9.53 Å². The van der Waals surface area contributed by atoms with Gasteiger partial charge in [-0.3, -0.25) is 0 Å². The Balaban J connectivity index is 3.19. The highest BCUT2D eigenvalue weighted by molar-refractivity contribution is 5.92. The van der Waals surface area contributed by atoms with Gasteiger partial charge in [-0.25, -0.2) is 14.3 Å². The van der Waals surface area contributed by atoms with E-state index < -0.39 is 18.0 Å². The van der Waals surface area contributed by atoms with Gasteiger partial charge in [0.2, 0.25) is 5.88 Å². The Bertz CT molecular complexity index is 455. The predicted molar refractivity (Wildman–Crippen MR) is 66.3 cm³/mol. The lowest BCUT2D eigenvalue weighted by Gasteiger charge is -2.14. The van der Waals surface area contributed by atoms with Crippen LogP contribution in [-0.4, -0.2) is 40.0 Å². The van der Waals surface area contributed by atoms with Crippen LogP contribution < -0.4 is 4.74 Å². The molecule has 0 saturated carbocycles. The van der Waals surface area contributed by atoms with Gasteiger partial charge in [0, 0.05) is 0 Å². The fourth-order valence-corrected chi connectivity index (χ4v) is 1.65. The number of aromatic nitrogens is 2. The van der Waals surface area contributed by atoms with Crippen molar-refractivity contribution in [2.45, 2.75) is 33.2 Å². The highest BCUT2D eigenvalue weighted by atomic mass is 16.5. The summed E-state index contributed by atoms with van der Waals surface area (Å²) in [5, 5.41) is 13.1. The Labute approximate surface area is 111 Å². The van der Waals surface area contributed by atoms with Crippen molar-refractivity contribution in [2.75, 3.05) is 13.2 Å². The molecule has 0 amide bonds. The minimum Gasteiger partial charge on any atom is -0.480 e. The number of carboxylic acids is 1. The number of aliphatic carboxylic acids is 1. The van der Waals surface area contributed by atoms with Crippen molar-refractivity contribution in [1.29, 1.82) is 0 Å². The van der Waals surface area contributed by atoms with E-state index in [1.54, 1.807) is 20.8 Å². The van der Waals surface area contributed by atoms with Crippen molar-refractivity contribution in [3.63, 3.8) is 0 Å². The Morgan fingerprint density at radius 3 is 2.53 bits per heavy atom. The van der Waals surface area contributed by atoms with Crippen molar-refractivity contribution in [3.8, 4) is 5.88 Å². The Morgan fingerprint density at radius 1 is 1.37 bits per heavy atom. The van der Waals surface area contributed by atoms with Crippen LogP contribution in [0.15, 0.2) is 6.20 Å². The zero-order chi connectivity index (χ0) is 14.4. The van der Waals surface area contributed by atoms with Crippen LogP contribution in [0, 0.1) is 0 Å². The second kappa shape index (κ2) is 6.77. The Kier molecular flexibility index (Phi) is 5.35. The molecule has 1 unspecified atom stereocenters. The minimum atomic E-state index is -1.03. The summed E-state index contributed by atoms with van der Waals surface area (Å²) in [7, 11) is 0. The van der Waals surface area contributed by atoms with E-state index in [0.717, 1.165) is 0 Å². The third kappa shape index (κ3) is 3.24. The molecule has 0 radical (unpaired) electrons. The minimum absolute atomic E-state index is 0.134. The van der Waals surface area contributed by atoms with Crippen LogP contribution in [0.3, 0.4) is 0 Å². The number of carbonyl (C=O) groups excluding carboxylic acids is 1. The van der Waals surface area contributed by atoms with Gasteiger partial charge in [-0.05, 0) is 20.3 Å². The number of rotatable bonds is 7. The molecule has 19 heavy (non-hydrogen) atoms. The Hall–Kier alpha value is -2.05. The van der Waals surface area contributed by atoms with E-state index >= 15 is 0 Å². The summed E-state index contributed by atoms with van der Waals surface area (Å²) in [4.78, 5) is 22.9. The molecule has 7 heteroatoms. The lowest BCUT2D eigenvalue weighted by molar-refractivity contribution is -0.141. The van der Waals surface area contributed by atoms with Crippen molar-refractivity contribution >= 4 is 11.9 Å². The highest BCUT2D eigenvalue weighted by Crippen LogP contribution is 2.25. The van der Waals surface area contributed by atoms with Crippen molar-refractivity contribution < 1.29 is 24.2 Å². The lowest BCUT2D eigenvalue weighted by atomic mass is 10.2. The second-order valence-electron chi connectivity index (χ2n) is 3.72. The predicted octanol–water partition coefficient (Wildman–Crippen LogP) is 1.49. The van der Waals surface area contributed by atoms with Gasteiger partial charge in [-0.1, -0.05) is 6.92 Å². The van der Waals surface area contributed by atoms with Crippen LogP contribution in [0.2, 0.25) is 0 Å². The molecule has 0 aromatic carbocycles. The maximum Gasteiger partial charge on any atom is 0.345 e. The summed E-state index contributed by atoms with van der Waals surface area (Å²) in [5.41, 5.74) is 0.142. The maximum atomic E-state index is 11.7. The molecule has 106 valence electrons. The largest absolute Gasteiger partial charge is 0.480 e. The zero-order valence-corrected chi connectivity index (χ0v) is 11.3. The van der Waals surface area contributed by atoms with Crippen LogP contribution in [0.1, 0.15) is 43.6 Å². The van der Waals surface area contributed by atoms with Crippen molar-refractivity contribution in [3.05, 3.63) is 11.8 Å². The van der Waals surface area contributed by atoms with Gasteiger partial charge >= 0.3 is 11.9 Å². The molecule has 0 spiro atoms. The topological polar surface area (TPSA) is 90.7 Å². The van der Waals surface area contributed by atoms with Crippen LogP contribution in [0.25, 0.3) is 0 Å². The average molecular weight is 270 g/mol. The quantitative estimate of drug-likeness (QED) is 0.755. The SMILES string of the molecule is CCOC(=O)c1cnn(C(CC)C(=O)O)c1OCC. The van der Waals surface area contributed by atoms with E-state index in [9.17, 15) is 9.59 Å². The molecule has 1 rings (SSSR count). The molecule has 1 heterocycles. The molecule has 7 nitrogen and oxygen atoms in total. The van der Waals surface area contributed by atoms with Crippen LogP contribution in [0.5, 0.6) is 5.88 Å². The van der Waals surface area contributed by atoms with Gasteiger partial charge in [-0.2, -0.15) is 5.10 Å². The molecule has 0 aliphatic rings. The number of nitrogens with zero attached hydrogens (tertiary/aromatic N) is 2. The first kappa shape index (κ1) is 15.0. The fraction of sp³-hybridized carbons (Fsp3) is 0.583. The first-order valence-electron chi connectivity index (χ1n) is 6.16. The van der Waals surface area contributed by atoms with E-state index in [1.807, 2.05) is 0 Å². The lowest BCUT2D eigenvalue weighted by Crippen LogP contribution is -2.21. The van der Waals surface area contributed by atoms with Gasteiger partial charge in [0.15, 0.2) is 6.04 Å². The van der Waals surface area contributed by atoms with Crippen LogP contribution >= 0.6 is 0 Å². The Morgan fingerprint density at radius 2 is 2.05 bits per heavy atom. The highest BCUT2D eigenvalue weighted by Gasteiger charge is 2.27. The number of hydrogen-bond donors (Lipinski definition) is 1. The number of carbonyl (C=O) groups is 2. The van der Waals surface area contributed by atoms with E-state index in [2.05, 4.69) is 5.10 Å². The van der Waals surface area contributed by atoms with Gasteiger partial charge in [-0.15, -0.1) is 0 Å². The monoisotopic (exact) mass is 270 g/mol. The summed E-state index contributed by atoms with van der Waals surface area (Å²) >= 11 is 0. The molecule has 0 bridgehead atoms. The smallest absolute Gasteiger partial charge is 0.345 e. The number of carboxylic acid groups (broad SMARTS) is 1. The van der Waals surface area contributed by atoms with Crippen molar-refractivity contribution in [1.82, 2.24) is 9.78 Å². The van der Waals surface area contributed by atoms with Gasteiger partial charge in [0.25, 0.3) is 0 Å². The fourth-order valence-electron chi connectivity index (χ4n) is 1.65. The third-order valence-corrected chi connectivity index (χ3v) is 2.49. The second-order valence-corrected chi connectivity index (χ2v) is 3.72. The molecule has 0 aliphatic heterocycles. The molecule has 1 aromatic heterocycles. The third-order valence-electron chi connectivity index (χ3n) is 2.49. The van der Waals surface area contributed by atoms with Crippen molar-refractivity contribution in [2.24, 2.45) is 0 Å². The van der Waals surface area contributed by atoms with Gasteiger partial charge in [0.1, 0.15) is 5.56 Å². The van der Waals surface area contributed by atoms with Crippen LogP contribution in [0.4, 0.5) is 0 Å². The van der Waals surface area contributed by atoms with E-state index in [4.69, 9.17) is 14.6 Å².